The molecule has 0 saturated carbocycles. The normalized spacial score (nSPS) is 12.6. The second-order valence-corrected chi connectivity index (χ2v) is 7.09. The highest BCUT2D eigenvalue weighted by atomic mass is 35.5. The van der Waals surface area contributed by atoms with Crippen LogP contribution in [0.25, 0.3) is 0 Å². The van der Waals surface area contributed by atoms with E-state index in [-0.39, 0.29) is 20.6 Å². The van der Waals surface area contributed by atoms with Gasteiger partial charge in [0.2, 0.25) is 10.0 Å². The summed E-state index contributed by atoms with van der Waals surface area (Å²) in [5.74, 6) is 0. The molecule has 20 heavy (non-hydrogen) atoms. The first-order valence-electron chi connectivity index (χ1n) is 4.89. The molecule has 1 aromatic rings. The maximum absolute atomic E-state index is 11.9. The van der Waals surface area contributed by atoms with Gasteiger partial charge in [0.25, 0.3) is 0 Å². The molecule has 4 N–H and O–H groups in total. The smallest absolute Gasteiger partial charge is 0.397 e. The zero-order valence-corrected chi connectivity index (χ0v) is 12.9. The van der Waals surface area contributed by atoms with Crippen LogP contribution in [0.2, 0.25) is 10.0 Å². The molecule has 0 amide bonds. The van der Waals surface area contributed by atoms with E-state index in [9.17, 15) is 16.8 Å². The molecule has 1 rings (SSSR count). The number of sulfonamides is 1. The summed E-state index contributed by atoms with van der Waals surface area (Å²) >= 11 is 11.4. The molecule has 0 saturated heterocycles. The van der Waals surface area contributed by atoms with Gasteiger partial charge < -0.3 is 5.73 Å². The van der Waals surface area contributed by atoms with Crippen molar-refractivity contribution in [2.45, 2.75) is 4.90 Å². The average Bonchev–Trinajstić information content (AvgIpc) is 2.28. The number of nitrogen functional groups attached to an aromatic ring is 1. The summed E-state index contributed by atoms with van der Waals surface area (Å²) in [4.78, 5) is -0.315. The van der Waals surface area contributed by atoms with Crippen LogP contribution in [-0.4, -0.2) is 34.5 Å². The van der Waals surface area contributed by atoms with Gasteiger partial charge in [-0.05, 0) is 12.1 Å². The van der Waals surface area contributed by atoms with Gasteiger partial charge in [0, 0.05) is 6.54 Å². The van der Waals surface area contributed by atoms with E-state index in [1.807, 2.05) is 4.72 Å². The van der Waals surface area contributed by atoms with Gasteiger partial charge in [0.15, 0.2) is 0 Å². The van der Waals surface area contributed by atoms with E-state index in [0.717, 1.165) is 6.07 Å². The van der Waals surface area contributed by atoms with E-state index in [0.29, 0.717) is 0 Å². The third kappa shape index (κ3) is 5.05. The van der Waals surface area contributed by atoms with Gasteiger partial charge in [-0.2, -0.15) is 8.42 Å². The van der Waals surface area contributed by atoms with Gasteiger partial charge in [-0.15, -0.1) is 0 Å². The number of nitrogens with two attached hydrogens (primary N) is 1. The van der Waals surface area contributed by atoms with Gasteiger partial charge in [-0.1, -0.05) is 23.2 Å². The van der Waals surface area contributed by atoms with Crippen LogP contribution in [0.1, 0.15) is 0 Å². The number of benzene rings is 1. The zero-order chi connectivity index (χ0) is 15.6. The van der Waals surface area contributed by atoms with Gasteiger partial charge in [0.05, 0.1) is 22.3 Å². The van der Waals surface area contributed by atoms with Crippen molar-refractivity contribution in [3.05, 3.63) is 22.2 Å². The number of rotatable bonds is 6. The van der Waals surface area contributed by atoms with E-state index in [1.54, 1.807) is 0 Å². The SMILES string of the molecule is Nc1cc(Cl)c(S(=O)(=O)NCCOS(=O)(=O)O)cc1Cl. The van der Waals surface area contributed by atoms with Crippen molar-refractivity contribution in [1.29, 1.82) is 0 Å². The predicted molar refractivity (Wildman–Crippen MR) is 73.6 cm³/mol. The molecule has 1 aromatic carbocycles. The topological polar surface area (TPSA) is 136 Å². The van der Waals surface area contributed by atoms with Crippen molar-refractivity contribution in [3.8, 4) is 0 Å². The molecule has 0 aliphatic heterocycles. The first kappa shape index (κ1) is 17.4. The predicted octanol–water partition coefficient (Wildman–Crippen LogP) is 0.673. The molecule has 0 fully saturated rings. The fraction of sp³-hybridized carbons (Fsp3) is 0.250. The summed E-state index contributed by atoms with van der Waals surface area (Å²) in [5, 5.41) is -0.140. The Morgan fingerprint density at radius 3 is 2.35 bits per heavy atom. The first-order valence-corrected chi connectivity index (χ1v) is 8.49. The highest BCUT2D eigenvalue weighted by Gasteiger charge is 2.19. The Hall–Kier alpha value is -0.620. The number of hydrogen-bond donors (Lipinski definition) is 3. The van der Waals surface area contributed by atoms with E-state index in [4.69, 9.17) is 33.5 Å². The molecule has 114 valence electrons. The first-order chi connectivity index (χ1) is 9.03. The van der Waals surface area contributed by atoms with Crippen molar-refractivity contribution < 1.29 is 25.6 Å². The minimum absolute atomic E-state index is 0.00367. The van der Waals surface area contributed by atoms with E-state index in [1.165, 1.54) is 6.07 Å². The average molecular weight is 365 g/mol. The van der Waals surface area contributed by atoms with E-state index < -0.39 is 33.6 Å². The van der Waals surface area contributed by atoms with Crippen molar-refractivity contribution in [1.82, 2.24) is 4.72 Å². The molecule has 0 atom stereocenters. The fourth-order valence-electron chi connectivity index (χ4n) is 1.15. The van der Waals surface area contributed by atoms with Crippen molar-refractivity contribution in [3.63, 3.8) is 0 Å². The van der Waals surface area contributed by atoms with Crippen LogP contribution < -0.4 is 10.5 Å². The van der Waals surface area contributed by atoms with Gasteiger partial charge in [-0.3, -0.25) is 4.55 Å². The third-order valence-electron chi connectivity index (χ3n) is 1.97. The number of hydrogen-bond acceptors (Lipinski definition) is 6. The number of anilines is 1. The summed E-state index contributed by atoms with van der Waals surface area (Å²) in [5.41, 5.74) is 5.57. The zero-order valence-electron chi connectivity index (χ0n) is 9.71. The summed E-state index contributed by atoms with van der Waals surface area (Å²) in [7, 11) is -8.65. The van der Waals surface area contributed by atoms with Crippen molar-refractivity contribution >= 4 is 49.3 Å². The molecule has 0 spiro atoms. The monoisotopic (exact) mass is 364 g/mol. The largest absolute Gasteiger partial charge is 0.397 e. The van der Waals surface area contributed by atoms with Crippen LogP contribution >= 0.6 is 23.2 Å². The molecular formula is C8H10Cl2N2O6S2. The summed E-state index contributed by atoms with van der Waals surface area (Å²) < 4.78 is 58.6. The van der Waals surface area contributed by atoms with Crippen molar-refractivity contribution in [2.75, 3.05) is 18.9 Å². The molecule has 8 nitrogen and oxygen atoms in total. The quantitative estimate of drug-likeness (QED) is 0.383. The second kappa shape index (κ2) is 6.43. The number of halogens is 2. The van der Waals surface area contributed by atoms with Gasteiger partial charge in [0.1, 0.15) is 4.90 Å². The van der Waals surface area contributed by atoms with Gasteiger partial charge >= 0.3 is 10.4 Å². The summed E-state index contributed by atoms with van der Waals surface area (Å²) in [6.07, 6.45) is 0. The third-order valence-corrected chi connectivity index (χ3v) is 4.68. The maximum atomic E-state index is 11.9. The van der Waals surface area contributed by atoms with E-state index in [2.05, 4.69) is 4.18 Å². The maximum Gasteiger partial charge on any atom is 0.397 e. The highest BCUT2D eigenvalue weighted by molar-refractivity contribution is 7.89. The summed E-state index contributed by atoms with van der Waals surface area (Å²) in [6, 6.07) is 2.23. The molecule has 0 radical (unpaired) electrons. The van der Waals surface area contributed by atoms with Crippen molar-refractivity contribution in [2.24, 2.45) is 0 Å². The molecule has 0 aliphatic carbocycles. The lowest BCUT2D eigenvalue weighted by molar-refractivity contribution is 0.272. The molecule has 0 aromatic heterocycles. The Labute approximate surface area is 125 Å². The Kier molecular flexibility index (Phi) is 5.61. The minimum atomic E-state index is -4.63. The van der Waals surface area contributed by atoms with Crippen LogP contribution in [0.4, 0.5) is 5.69 Å². The van der Waals surface area contributed by atoms with Crippen LogP contribution in [0.5, 0.6) is 0 Å². The Morgan fingerprint density at radius 2 is 1.80 bits per heavy atom. The van der Waals surface area contributed by atoms with Crippen LogP contribution in [0, 0.1) is 0 Å². The van der Waals surface area contributed by atoms with Crippen LogP contribution in [0.15, 0.2) is 17.0 Å². The lowest BCUT2D eigenvalue weighted by atomic mass is 10.3. The lowest BCUT2D eigenvalue weighted by Gasteiger charge is -2.09. The molecule has 0 aliphatic rings. The molecular weight excluding hydrogens is 355 g/mol. The molecule has 0 unspecified atom stereocenters. The fourth-order valence-corrected chi connectivity index (χ4v) is 3.25. The highest BCUT2D eigenvalue weighted by Crippen LogP contribution is 2.29. The van der Waals surface area contributed by atoms with E-state index >= 15 is 0 Å². The standard InChI is InChI=1S/C8H10Cl2N2O6S2/c9-5-4-8(6(10)3-7(5)11)19(13,14)12-1-2-18-20(15,16)17/h3-4,12H,1-2,11H2,(H,15,16,17). The Balaban J connectivity index is 2.82. The minimum Gasteiger partial charge on any atom is -0.397 e. The second-order valence-electron chi connectivity index (χ2n) is 3.45. The molecule has 0 heterocycles. The lowest BCUT2D eigenvalue weighted by Crippen LogP contribution is -2.28. The van der Waals surface area contributed by atoms with Gasteiger partial charge in [-0.25, -0.2) is 17.3 Å². The Morgan fingerprint density at radius 1 is 1.20 bits per heavy atom. The summed E-state index contributed by atoms with van der Waals surface area (Å²) in [6.45, 7) is -0.987. The molecule has 0 bridgehead atoms. The van der Waals surface area contributed by atoms with Crippen LogP contribution in [-0.2, 0) is 24.6 Å². The Bertz CT molecular complexity index is 704. The molecule has 12 heteroatoms. The number of nitrogens with one attached hydrogen (secondary N) is 1. The van der Waals surface area contributed by atoms with Crippen LogP contribution in [0.3, 0.4) is 0 Å².